The van der Waals surface area contributed by atoms with Gasteiger partial charge in [0.1, 0.15) is 0 Å². The molecule has 1 rings (SSSR count). The number of aromatic nitrogens is 1. The van der Waals surface area contributed by atoms with Gasteiger partial charge >= 0.3 is 0 Å². The normalized spacial score (nSPS) is 11.2. The van der Waals surface area contributed by atoms with Crippen LogP contribution in [0, 0.1) is 0 Å². The maximum absolute atomic E-state index is 5.02. The van der Waals surface area contributed by atoms with E-state index in [9.17, 15) is 0 Å². The molecule has 1 aromatic rings. The number of hydrogen-bond acceptors (Lipinski definition) is 4. The Labute approximate surface area is 119 Å². The van der Waals surface area contributed by atoms with Gasteiger partial charge in [-0.3, -0.25) is 0 Å². The van der Waals surface area contributed by atoms with Gasteiger partial charge in [-0.2, -0.15) is 11.8 Å². The summed E-state index contributed by atoms with van der Waals surface area (Å²) in [5.74, 6) is 2.53. The summed E-state index contributed by atoms with van der Waals surface area (Å²) >= 11 is 1.81. The Morgan fingerprint density at radius 3 is 2.84 bits per heavy atom. The molecule has 0 radical (unpaired) electrons. The van der Waals surface area contributed by atoms with Crippen molar-refractivity contribution >= 4 is 17.7 Å². The number of aliphatic imine (C=N–C) groups is 1. The van der Waals surface area contributed by atoms with E-state index in [0.717, 1.165) is 30.4 Å². The Bertz CT molecular complexity index is 381. The van der Waals surface area contributed by atoms with Crippen molar-refractivity contribution in [3.63, 3.8) is 0 Å². The molecule has 1 heterocycles. The first kappa shape index (κ1) is 15.6. The molecule has 0 aliphatic rings. The summed E-state index contributed by atoms with van der Waals surface area (Å²) in [7, 11) is 1.61. The lowest BCUT2D eigenvalue weighted by molar-refractivity contribution is 0.397. The van der Waals surface area contributed by atoms with Gasteiger partial charge in [-0.15, -0.1) is 0 Å². The summed E-state index contributed by atoms with van der Waals surface area (Å²) in [6, 6.07) is 3.82. The van der Waals surface area contributed by atoms with Crippen molar-refractivity contribution in [1.29, 1.82) is 0 Å². The number of ether oxygens (including phenoxy) is 1. The molecule has 0 atom stereocenters. The van der Waals surface area contributed by atoms with Crippen LogP contribution in [0.5, 0.6) is 5.88 Å². The van der Waals surface area contributed by atoms with Crippen molar-refractivity contribution in [3.05, 3.63) is 23.9 Å². The highest BCUT2D eigenvalue weighted by Crippen LogP contribution is 2.07. The molecule has 0 aromatic carbocycles. The molecule has 0 saturated carbocycles. The minimum absolute atomic E-state index is 0.603. The summed E-state index contributed by atoms with van der Waals surface area (Å²) in [6.07, 6.45) is 3.88. The fourth-order valence-corrected chi connectivity index (χ4v) is 1.71. The van der Waals surface area contributed by atoms with E-state index in [0.29, 0.717) is 12.4 Å². The predicted molar refractivity (Wildman–Crippen MR) is 82.0 cm³/mol. The molecule has 2 N–H and O–H groups in total. The minimum Gasteiger partial charge on any atom is -0.481 e. The number of nitrogens with one attached hydrogen (secondary N) is 2. The van der Waals surface area contributed by atoms with Gasteiger partial charge in [0.2, 0.25) is 5.88 Å². The van der Waals surface area contributed by atoms with Crippen LogP contribution in [0.3, 0.4) is 0 Å². The van der Waals surface area contributed by atoms with E-state index in [1.54, 1.807) is 13.3 Å². The third-order valence-corrected chi connectivity index (χ3v) is 2.98. The standard InChI is InChI=1S/C13H22N4OS/c1-4-14-13(15-7-8-19-3)17-10-11-5-6-12(18-2)16-9-11/h5-6,9H,4,7-8,10H2,1-3H3,(H2,14,15,17). The lowest BCUT2D eigenvalue weighted by atomic mass is 10.3. The summed E-state index contributed by atoms with van der Waals surface area (Å²) in [6.45, 7) is 4.42. The highest BCUT2D eigenvalue weighted by atomic mass is 32.2. The van der Waals surface area contributed by atoms with E-state index in [4.69, 9.17) is 4.74 Å². The molecule has 5 nitrogen and oxygen atoms in total. The molecule has 1 aromatic heterocycles. The van der Waals surface area contributed by atoms with E-state index < -0.39 is 0 Å². The van der Waals surface area contributed by atoms with Crippen molar-refractivity contribution < 1.29 is 4.74 Å². The summed E-state index contributed by atoms with van der Waals surface area (Å²) in [4.78, 5) is 8.68. The second-order valence-corrected chi connectivity index (χ2v) is 4.81. The van der Waals surface area contributed by atoms with E-state index in [-0.39, 0.29) is 0 Å². The molecule has 106 valence electrons. The van der Waals surface area contributed by atoms with Gasteiger partial charge in [0.15, 0.2) is 5.96 Å². The van der Waals surface area contributed by atoms with Crippen LogP contribution in [0.1, 0.15) is 12.5 Å². The topological polar surface area (TPSA) is 58.5 Å². The fourth-order valence-electron chi connectivity index (χ4n) is 1.41. The van der Waals surface area contributed by atoms with Crippen molar-refractivity contribution in [1.82, 2.24) is 15.6 Å². The van der Waals surface area contributed by atoms with E-state index >= 15 is 0 Å². The van der Waals surface area contributed by atoms with Crippen LogP contribution in [0.15, 0.2) is 23.3 Å². The zero-order valence-corrected chi connectivity index (χ0v) is 12.6. The quantitative estimate of drug-likeness (QED) is 0.451. The molecule has 6 heteroatoms. The molecule has 0 saturated heterocycles. The number of thioether (sulfide) groups is 1. The Balaban J connectivity index is 2.52. The summed E-state index contributed by atoms with van der Waals surface area (Å²) in [5, 5.41) is 6.51. The maximum Gasteiger partial charge on any atom is 0.212 e. The van der Waals surface area contributed by atoms with Gasteiger partial charge in [-0.25, -0.2) is 9.98 Å². The Hall–Kier alpha value is -1.43. The van der Waals surface area contributed by atoms with E-state index in [1.807, 2.05) is 23.9 Å². The second kappa shape index (κ2) is 9.49. The smallest absolute Gasteiger partial charge is 0.212 e. The highest BCUT2D eigenvalue weighted by molar-refractivity contribution is 7.98. The van der Waals surface area contributed by atoms with Crippen molar-refractivity contribution in [2.45, 2.75) is 13.5 Å². The average molecular weight is 282 g/mol. The van der Waals surface area contributed by atoms with Crippen LogP contribution in [0.4, 0.5) is 0 Å². The molecule has 19 heavy (non-hydrogen) atoms. The van der Waals surface area contributed by atoms with E-state index in [2.05, 4.69) is 33.8 Å². The summed E-state index contributed by atoms with van der Waals surface area (Å²) in [5.41, 5.74) is 1.06. The monoisotopic (exact) mass is 282 g/mol. The van der Waals surface area contributed by atoms with Gasteiger partial charge in [-0.05, 0) is 18.7 Å². The average Bonchev–Trinajstić information content (AvgIpc) is 2.45. The fraction of sp³-hybridized carbons (Fsp3) is 0.538. The SMILES string of the molecule is CCNC(=NCc1ccc(OC)nc1)NCCSC. The Morgan fingerprint density at radius 2 is 2.26 bits per heavy atom. The molecule has 0 amide bonds. The number of methoxy groups -OCH3 is 1. The Kier molecular flexibility index (Phi) is 7.81. The third kappa shape index (κ3) is 6.33. The molecule has 0 unspecified atom stereocenters. The van der Waals surface area contributed by atoms with Crippen LogP contribution >= 0.6 is 11.8 Å². The lowest BCUT2D eigenvalue weighted by Gasteiger charge is -2.10. The summed E-state index contributed by atoms with van der Waals surface area (Å²) < 4.78 is 5.02. The molecule has 0 aliphatic carbocycles. The van der Waals surface area contributed by atoms with Crippen LogP contribution in [-0.4, -0.2) is 43.2 Å². The molecular formula is C13H22N4OS. The van der Waals surface area contributed by atoms with Crippen LogP contribution in [0.25, 0.3) is 0 Å². The molecule has 0 aliphatic heterocycles. The molecular weight excluding hydrogens is 260 g/mol. The van der Waals surface area contributed by atoms with Crippen molar-refractivity contribution in [2.75, 3.05) is 32.2 Å². The molecule has 0 bridgehead atoms. The zero-order valence-electron chi connectivity index (χ0n) is 11.8. The largest absolute Gasteiger partial charge is 0.481 e. The minimum atomic E-state index is 0.603. The second-order valence-electron chi connectivity index (χ2n) is 3.82. The maximum atomic E-state index is 5.02. The van der Waals surface area contributed by atoms with Gasteiger partial charge in [0, 0.05) is 31.1 Å². The molecule has 0 spiro atoms. The molecule has 0 fully saturated rings. The first-order valence-electron chi connectivity index (χ1n) is 6.30. The number of nitrogens with zero attached hydrogens (tertiary/aromatic N) is 2. The van der Waals surface area contributed by atoms with Crippen molar-refractivity contribution in [3.8, 4) is 5.88 Å². The van der Waals surface area contributed by atoms with Crippen LogP contribution in [0.2, 0.25) is 0 Å². The highest BCUT2D eigenvalue weighted by Gasteiger charge is 1.98. The first-order valence-corrected chi connectivity index (χ1v) is 7.69. The van der Waals surface area contributed by atoms with Crippen molar-refractivity contribution in [2.24, 2.45) is 4.99 Å². The lowest BCUT2D eigenvalue weighted by Crippen LogP contribution is -2.38. The van der Waals surface area contributed by atoms with Gasteiger partial charge in [0.05, 0.1) is 13.7 Å². The first-order chi connectivity index (χ1) is 9.30. The third-order valence-electron chi connectivity index (χ3n) is 2.37. The number of hydrogen-bond donors (Lipinski definition) is 2. The van der Waals surface area contributed by atoms with Gasteiger partial charge in [0.25, 0.3) is 0 Å². The Morgan fingerprint density at radius 1 is 1.42 bits per heavy atom. The predicted octanol–water partition coefficient (Wildman–Crippen LogP) is 1.51. The van der Waals surface area contributed by atoms with Gasteiger partial charge < -0.3 is 15.4 Å². The van der Waals surface area contributed by atoms with Crippen LogP contribution in [-0.2, 0) is 6.54 Å². The number of pyridine rings is 1. The zero-order chi connectivity index (χ0) is 13.9. The number of guanidine groups is 1. The van der Waals surface area contributed by atoms with Gasteiger partial charge in [-0.1, -0.05) is 6.07 Å². The van der Waals surface area contributed by atoms with E-state index in [1.165, 1.54) is 0 Å². The number of rotatable bonds is 7. The van der Waals surface area contributed by atoms with Crippen LogP contribution < -0.4 is 15.4 Å².